The van der Waals surface area contributed by atoms with Gasteiger partial charge in [-0.2, -0.15) is 0 Å². The zero-order valence-electron chi connectivity index (χ0n) is 14.9. The Labute approximate surface area is 136 Å². The smallest absolute Gasteiger partial charge is 0.0923 e. The van der Waals surface area contributed by atoms with Gasteiger partial charge in [0.25, 0.3) is 0 Å². The highest BCUT2D eigenvalue weighted by atomic mass is 16.6. The average molecular weight is 304 g/mol. The number of aliphatic hydroxyl groups excluding tert-OH is 1. The van der Waals surface area contributed by atoms with Crippen molar-refractivity contribution in [3.8, 4) is 0 Å². The molecule has 0 aromatic heterocycles. The van der Waals surface area contributed by atoms with E-state index < -0.39 is 0 Å². The van der Waals surface area contributed by atoms with Crippen LogP contribution in [0.2, 0.25) is 0 Å². The molecule has 1 aliphatic carbocycles. The molecule has 0 amide bonds. The van der Waals surface area contributed by atoms with Crippen molar-refractivity contribution >= 4 is 0 Å². The fourth-order valence-corrected chi connectivity index (χ4v) is 3.36. The standard InChI is InChI=1S/C20H32O2/c1-14(2)17-10-8-15(3)9-11-19-20(5,22-19)12-6-7-16(4)13-18(17)21/h7-8,10,14,18-19,21H,6,9,11-13H2,1-5H3/b15-8+,16-7+,17-10-/t18-,19+,20+/m0/s1. The minimum absolute atomic E-state index is 0.0821. The molecule has 2 nitrogen and oxygen atoms in total. The molecule has 0 saturated carbocycles. The molecule has 0 aromatic carbocycles. The lowest BCUT2D eigenvalue weighted by Crippen LogP contribution is -2.15. The molecule has 2 heteroatoms. The van der Waals surface area contributed by atoms with Crippen LogP contribution in [-0.4, -0.2) is 22.9 Å². The normalized spacial score (nSPS) is 41.3. The molecule has 1 N–H and O–H groups in total. The zero-order valence-corrected chi connectivity index (χ0v) is 14.9. The van der Waals surface area contributed by atoms with Gasteiger partial charge in [0, 0.05) is 0 Å². The van der Waals surface area contributed by atoms with E-state index in [0.29, 0.717) is 12.0 Å². The van der Waals surface area contributed by atoms with E-state index in [1.54, 1.807) is 0 Å². The fourth-order valence-electron chi connectivity index (χ4n) is 3.36. The predicted molar refractivity (Wildman–Crippen MR) is 92.8 cm³/mol. The number of hydrogen-bond acceptors (Lipinski definition) is 2. The summed E-state index contributed by atoms with van der Waals surface area (Å²) < 4.78 is 5.92. The van der Waals surface area contributed by atoms with Gasteiger partial charge in [-0.15, -0.1) is 0 Å². The minimum atomic E-state index is -0.372. The summed E-state index contributed by atoms with van der Waals surface area (Å²) in [7, 11) is 0. The second kappa shape index (κ2) is 7.14. The first kappa shape index (κ1) is 17.5. The number of epoxide rings is 1. The fraction of sp³-hybridized carbons (Fsp3) is 0.700. The molecule has 1 saturated heterocycles. The van der Waals surface area contributed by atoms with E-state index >= 15 is 0 Å². The maximum atomic E-state index is 10.6. The zero-order chi connectivity index (χ0) is 16.3. The summed E-state index contributed by atoms with van der Waals surface area (Å²) in [5.41, 5.74) is 3.86. The molecule has 0 bridgehead atoms. The van der Waals surface area contributed by atoms with Crippen molar-refractivity contribution in [3.63, 3.8) is 0 Å². The van der Waals surface area contributed by atoms with E-state index in [1.165, 1.54) is 11.1 Å². The van der Waals surface area contributed by atoms with Gasteiger partial charge in [-0.1, -0.05) is 43.2 Å². The molecule has 124 valence electrons. The van der Waals surface area contributed by atoms with E-state index in [1.807, 2.05) is 0 Å². The summed E-state index contributed by atoms with van der Waals surface area (Å²) in [6.45, 7) is 10.9. The number of ether oxygens (including phenoxy) is 1. The summed E-state index contributed by atoms with van der Waals surface area (Å²) in [5.74, 6) is 0.370. The Hall–Kier alpha value is -0.860. The molecule has 1 heterocycles. The second-order valence-electron chi connectivity index (χ2n) is 7.60. The third-order valence-corrected chi connectivity index (χ3v) is 5.10. The highest BCUT2D eigenvalue weighted by molar-refractivity contribution is 5.23. The molecule has 0 radical (unpaired) electrons. The van der Waals surface area contributed by atoms with Gasteiger partial charge in [-0.25, -0.2) is 0 Å². The maximum absolute atomic E-state index is 10.6. The third kappa shape index (κ3) is 4.57. The Kier molecular flexibility index (Phi) is 5.68. The molecule has 3 atom stereocenters. The lowest BCUT2D eigenvalue weighted by molar-refractivity contribution is 0.200. The minimum Gasteiger partial charge on any atom is -0.388 e. The van der Waals surface area contributed by atoms with Gasteiger partial charge in [0.1, 0.15) is 0 Å². The number of rotatable bonds is 1. The first-order valence-corrected chi connectivity index (χ1v) is 8.70. The number of hydrogen-bond donors (Lipinski definition) is 1. The number of allylic oxidation sites excluding steroid dienone is 4. The van der Waals surface area contributed by atoms with Crippen LogP contribution in [0.1, 0.15) is 66.7 Å². The number of aliphatic hydroxyl groups is 1. The molecular formula is C20H32O2. The third-order valence-electron chi connectivity index (χ3n) is 5.10. The molecule has 0 aromatic rings. The van der Waals surface area contributed by atoms with E-state index in [0.717, 1.165) is 37.7 Å². The van der Waals surface area contributed by atoms with Gasteiger partial charge in [0.2, 0.25) is 0 Å². The summed E-state index contributed by atoms with van der Waals surface area (Å²) in [6.07, 6.45) is 11.7. The quantitative estimate of drug-likeness (QED) is 0.549. The molecule has 22 heavy (non-hydrogen) atoms. The van der Waals surface area contributed by atoms with Gasteiger partial charge in [-0.05, 0) is 64.4 Å². The van der Waals surface area contributed by atoms with Gasteiger partial charge < -0.3 is 9.84 Å². The van der Waals surface area contributed by atoms with Crippen molar-refractivity contribution in [1.29, 1.82) is 0 Å². The first-order valence-electron chi connectivity index (χ1n) is 8.70. The summed E-state index contributed by atoms with van der Waals surface area (Å²) >= 11 is 0. The Morgan fingerprint density at radius 3 is 2.64 bits per heavy atom. The van der Waals surface area contributed by atoms with Crippen molar-refractivity contribution in [1.82, 2.24) is 0 Å². The topological polar surface area (TPSA) is 32.8 Å². The molecular weight excluding hydrogens is 272 g/mol. The Bertz CT molecular complexity index is 484. The van der Waals surface area contributed by atoms with E-state index in [4.69, 9.17) is 4.74 Å². The van der Waals surface area contributed by atoms with Crippen LogP contribution >= 0.6 is 0 Å². The van der Waals surface area contributed by atoms with Crippen LogP contribution in [0.25, 0.3) is 0 Å². The lowest BCUT2D eigenvalue weighted by Gasteiger charge is -2.19. The van der Waals surface area contributed by atoms with Crippen LogP contribution in [0.15, 0.2) is 34.9 Å². The highest BCUT2D eigenvalue weighted by Gasteiger charge is 2.50. The molecule has 0 unspecified atom stereocenters. The monoisotopic (exact) mass is 304 g/mol. The number of fused-ring (bicyclic) bond motifs is 1. The van der Waals surface area contributed by atoms with Crippen molar-refractivity contribution in [2.24, 2.45) is 5.92 Å². The Morgan fingerprint density at radius 2 is 1.95 bits per heavy atom. The summed E-state index contributed by atoms with van der Waals surface area (Å²) in [4.78, 5) is 0. The second-order valence-corrected chi connectivity index (χ2v) is 7.60. The van der Waals surface area contributed by atoms with E-state index in [-0.39, 0.29) is 11.7 Å². The summed E-state index contributed by atoms with van der Waals surface area (Å²) in [5, 5.41) is 10.6. The molecule has 1 aliphatic heterocycles. The maximum Gasteiger partial charge on any atom is 0.0923 e. The van der Waals surface area contributed by atoms with Crippen molar-refractivity contribution in [3.05, 3.63) is 34.9 Å². The molecule has 0 spiro atoms. The average Bonchev–Trinajstić information content (AvgIpc) is 3.06. The van der Waals surface area contributed by atoms with E-state index in [2.05, 4.69) is 52.8 Å². The first-order chi connectivity index (χ1) is 10.3. The van der Waals surface area contributed by atoms with Gasteiger partial charge in [-0.3, -0.25) is 0 Å². The van der Waals surface area contributed by atoms with Gasteiger partial charge in [0.05, 0.1) is 17.8 Å². The summed E-state index contributed by atoms with van der Waals surface area (Å²) in [6, 6.07) is 0. The van der Waals surface area contributed by atoms with Gasteiger partial charge >= 0.3 is 0 Å². The molecule has 2 aliphatic rings. The Morgan fingerprint density at radius 1 is 1.23 bits per heavy atom. The molecule has 2 rings (SSSR count). The van der Waals surface area contributed by atoms with Crippen LogP contribution < -0.4 is 0 Å². The predicted octanol–water partition coefficient (Wildman–Crippen LogP) is 4.94. The van der Waals surface area contributed by atoms with Crippen molar-refractivity contribution in [2.75, 3.05) is 0 Å². The lowest BCUT2D eigenvalue weighted by atomic mass is 9.91. The van der Waals surface area contributed by atoms with E-state index in [9.17, 15) is 5.11 Å². The molecule has 1 fully saturated rings. The largest absolute Gasteiger partial charge is 0.388 e. The Balaban J connectivity index is 2.19. The SMILES string of the molecule is C/C1=C\C=C(\C(C)C)[C@@H](O)C/C(C)=C/CC[C@@]2(C)O[C@@H]2CC1. The van der Waals surface area contributed by atoms with Crippen LogP contribution in [0, 0.1) is 5.92 Å². The van der Waals surface area contributed by atoms with Gasteiger partial charge in [0.15, 0.2) is 0 Å². The van der Waals surface area contributed by atoms with Crippen molar-refractivity contribution < 1.29 is 9.84 Å². The van der Waals surface area contributed by atoms with Crippen LogP contribution in [0.3, 0.4) is 0 Å². The van der Waals surface area contributed by atoms with Crippen molar-refractivity contribution in [2.45, 2.75) is 84.5 Å². The van der Waals surface area contributed by atoms with Crippen LogP contribution in [0.4, 0.5) is 0 Å². The van der Waals surface area contributed by atoms with Crippen LogP contribution in [-0.2, 0) is 4.74 Å². The van der Waals surface area contributed by atoms with Crippen LogP contribution in [0.5, 0.6) is 0 Å². The highest BCUT2D eigenvalue weighted by Crippen LogP contribution is 2.43.